The van der Waals surface area contributed by atoms with Gasteiger partial charge in [0.25, 0.3) is 5.69 Å². The maximum absolute atomic E-state index is 11.9. The summed E-state index contributed by atoms with van der Waals surface area (Å²) in [6, 6.07) is 12.2. The van der Waals surface area contributed by atoms with Crippen molar-refractivity contribution in [2.75, 3.05) is 17.7 Å². The Hall–Kier alpha value is -3.09. The standard InChI is InChI=1S/C14H13N3O4/c1-21-13-9-5-3-7-11(13)16-14(18)15-10-6-2-4-8-12(10)17(19)20/h2-9H,1H3,(H2,15,16,18). The Morgan fingerprint density at radius 3 is 2.29 bits per heavy atom. The van der Waals surface area contributed by atoms with Crippen LogP contribution in [0.5, 0.6) is 5.75 Å². The fourth-order valence-electron chi connectivity index (χ4n) is 1.76. The summed E-state index contributed by atoms with van der Waals surface area (Å²) in [4.78, 5) is 22.2. The van der Waals surface area contributed by atoms with Crippen LogP contribution >= 0.6 is 0 Å². The van der Waals surface area contributed by atoms with E-state index in [0.29, 0.717) is 11.4 Å². The van der Waals surface area contributed by atoms with E-state index in [1.165, 1.54) is 25.3 Å². The zero-order valence-corrected chi connectivity index (χ0v) is 11.2. The third-order valence-corrected chi connectivity index (χ3v) is 2.70. The number of nitrogens with zero attached hydrogens (tertiary/aromatic N) is 1. The smallest absolute Gasteiger partial charge is 0.323 e. The monoisotopic (exact) mass is 287 g/mol. The molecule has 2 amide bonds. The van der Waals surface area contributed by atoms with Crippen LogP contribution in [0.3, 0.4) is 0 Å². The SMILES string of the molecule is COc1ccccc1NC(=O)Nc1ccccc1[N+](=O)[O-]. The molecule has 2 aromatic carbocycles. The zero-order valence-electron chi connectivity index (χ0n) is 11.2. The van der Waals surface area contributed by atoms with Gasteiger partial charge in [-0.05, 0) is 18.2 Å². The highest BCUT2D eigenvalue weighted by Gasteiger charge is 2.15. The predicted molar refractivity (Wildman–Crippen MR) is 78.7 cm³/mol. The number of benzene rings is 2. The Labute approximate surface area is 120 Å². The molecule has 0 bridgehead atoms. The van der Waals surface area contributed by atoms with E-state index in [0.717, 1.165) is 0 Å². The van der Waals surface area contributed by atoms with Crippen molar-refractivity contribution in [3.05, 3.63) is 58.6 Å². The minimum absolute atomic E-state index is 0.120. The van der Waals surface area contributed by atoms with Crippen LogP contribution in [0.2, 0.25) is 0 Å². The molecule has 108 valence electrons. The van der Waals surface area contributed by atoms with Crippen molar-refractivity contribution >= 4 is 23.1 Å². The third-order valence-electron chi connectivity index (χ3n) is 2.70. The summed E-state index contributed by atoms with van der Waals surface area (Å²) >= 11 is 0. The number of nitrogens with one attached hydrogen (secondary N) is 2. The molecule has 0 heterocycles. The molecule has 7 heteroatoms. The van der Waals surface area contributed by atoms with Crippen molar-refractivity contribution in [3.63, 3.8) is 0 Å². The summed E-state index contributed by atoms with van der Waals surface area (Å²) in [5, 5.41) is 15.9. The second-order valence-corrected chi connectivity index (χ2v) is 4.05. The lowest BCUT2D eigenvalue weighted by Crippen LogP contribution is -2.20. The molecule has 0 unspecified atom stereocenters. The van der Waals surface area contributed by atoms with Crippen LogP contribution in [-0.4, -0.2) is 18.1 Å². The van der Waals surface area contributed by atoms with Gasteiger partial charge in [0.1, 0.15) is 11.4 Å². The number of hydrogen-bond acceptors (Lipinski definition) is 4. The molecule has 2 rings (SSSR count). The van der Waals surface area contributed by atoms with Gasteiger partial charge in [-0.3, -0.25) is 10.1 Å². The lowest BCUT2D eigenvalue weighted by Gasteiger charge is -2.10. The van der Waals surface area contributed by atoms with E-state index in [-0.39, 0.29) is 11.4 Å². The summed E-state index contributed by atoms with van der Waals surface area (Å²) in [6.45, 7) is 0. The first-order valence-corrected chi connectivity index (χ1v) is 6.06. The summed E-state index contributed by atoms with van der Waals surface area (Å²) in [7, 11) is 1.49. The highest BCUT2D eigenvalue weighted by Crippen LogP contribution is 2.25. The van der Waals surface area contributed by atoms with Gasteiger partial charge >= 0.3 is 6.03 Å². The molecule has 0 fully saturated rings. The number of hydrogen-bond donors (Lipinski definition) is 2. The number of urea groups is 1. The number of nitro groups is 1. The van der Waals surface area contributed by atoms with Crippen LogP contribution in [-0.2, 0) is 0 Å². The van der Waals surface area contributed by atoms with Crippen molar-refractivity contribution in [2.24, 2.45) is 0 Å². The average Bonchev–Trinajstić information content (AvgIpc) is 2.48. The van der Waals surface area contributed by atoms with Crippen LogP contribution in [0.1, 0.15) is 0 Å². The van der Waals surface area contributed by atoms with Crippen LogP contribution in [0, 0.1) is 10.1 Å². The molecule has 0 saturated carbocycles. The second-order valence-electron chi connectivity index (χ2n) is 4.05. The Bertz CT molecular complexity index is 673. The largest absolute Gasteiger partial charge is 0.495 e. The van der Waals surface area contributed by atoms with Crippen molar-refractivity contribution < 1.29 is 14.5 Å². The van der Waals surface area contributed by atoms with E-state index in [2.05, 4.69) is 10.6 Å². The summed E-state index contributed by atoms with van der Waals surface area (Å²) in [5.74, 6) is 0.496. The van der Waals surface area contributed by atoms with Gasteiger partial charge in [-0.2, -0.15) is 0 Å². The number of carbonyl (C=O) groups excluding carboxylic acids is 1. The van der Waals surface area contributed by atoms with E-state index in [4.69, 9.17) is 4.74 Å². The highest BCUT2D eigenvalue weighted by atomic mass is 16.6. The molecule has 0 atom stereocenters. The van der Waals surface area contributed by atoms with Crippen molar-refractivity contribution in [1.82, 2.24) is 0 Å². The molecule has 0 aliphatic heterocycles. The van der Waals surface area contributed by atoms with Crippen molar-refractivity contribution in [3.8, 4) is 5.75 Å². The molecule has 2 N–H and O–H groups in total. The molecule has 0 spiro atoms. The van der Waals surface area contributed by atoms with Gasteiger partial charge in [0.2, 0.25) is 0 Å². The van der Waals surface area contributed by atoms with E-state index in [9.17, 15) is 14.9 Å². The number of carbonyl (C=O) groups is 1. The first kappa shape index (κ1) is 14.3. The van der Waals surface area contributed by atoms with E-state index >= 15 is 0 Å². The molecule has 21 heavy (non-hydrogen) atoms. The van der Waals surface area contributed by atoms with Gasteiger partial charge in [-0.25, -0.2) is 4.79 Å². The van der Waals surface area contributed by atoms with E-state index in [1.54, 1.807) is 30.3 Å². The van der Waals surface area contributed by atoms with Crippen molar-refractivity contribution in [2.45, 2.75) is 0 Å². The summed E-state index contributed by atoms with van der Waals surface area (Å²) in [5.41, 5.74) is 0.415. The molecule has 0 aromatic heterocycles. The average molecular weight is 287 g/mol. The Kier molecular flexibility index (Phi) is 4.35. The molecule has 0 aliphatic rings. The fraction of sp³-hybridized carbons (Fsp3) is 0.0714. The van der Waals surface area contributed by atoms with E-state index in [1.807, 2.05) is 0 Å². The van der Waals surface area contributed by atoms with E-state index < -0.39 is 11.0 Å². The molecular formula is C14H13N3O4. The van der Waals surface area contributed by atoms with Crippen LogP contribution in [0.15, 0.2) is 48.5 Å². The van der Waals surface area contributed by atoms with Crippen LogP contribution in [0.4, 0.5) is 21.9 Å². The first-order valence-electron chi connectivity index (χ1n) is 6.06. The normalized spacial score (nSPS) is 9.76. The maximum Gasteiger partial charge on any atom is 0.323 e. The lowest BCUT2D eigenvalue weighted by atomic mass is 10.2. The molecule has 2 aromatic rings. The maximum atomic E-state index is 11.9. The zero-order chi connectivity index (χ0) is 15.2. The number of amides is 2. The highest BCUT2D eigenvalue weighted by molar-refractivity contribution is 6.01. The fourth-order valence-corrected chi connectivity index (χ4v) is 1.76. The molecule has 0 saturated heterocycles. The number of anilines is 2. The quantitative estimate of drug-likeness (QED) is 0.666. The Balaban J connectivity index is 2.14. The van der Waals surface area contributed by atoms with Gasteiger partial charge in [0.05, 0.1) is 17.7 Å². The Morgan fingerprint density at radius 1 is 1.05 bits per heavy atom. The molecular weight excluding hydrogens is 274 g/mol. The topological polar surface area (TPSA) is 93.5 Å². The molecule has 0 radical (unpaired) electrons. The first-order chi connectivity index (χ1) is 10.1. The minimum Gasteiger partial charge on any atom is -0.495 e. The number of rotatable bonds is 4. The molecule has 7 nitrogen and oxygen atoms in total. The number of para-hydroxylation sites is 4. The van der Waals surface area contributed by atoms with Crippen molar-refractivity contribution in [1.29, 1.82) is 0 Å². The Morgan fingerprint density at radius 2 is 1.62 bits per heavy atom. The summed E-state index contributed by atoms with van der Waals surface area (Å²) in [6.07, 6.45) is 0. The minimum atomic E-state index is -0.589. The van der Waals surface area contributed by atoms with Gasteiger partial charge < -0.3 is 15.4 Å². The van der Waals surface area contributed by atoms with Gasteiger partial charge in [-0.1, -0.05) is 24.3 Å². The van der Waals surface area contributed by atoms with Gasteiger partial charge in [-0.15, -0.1) is 0 Å². The van der Waals surface area contributed by atoms with Crippen LogP contribution in [0.25, 0.3) is 0 Å². The second kappa shape index (κ2) is 6.38. The number of methoxy groups -OCH3 is 1. The third kappa shape index (κ3) is 3.47. The predicted octanol–water partition coefficient (Wildman–Crippen LogP) is 3.25. The van der Waals surface area contributed by atoms with Crippen LogP contribution < -0.4 is 15.4 Å². The summed E-state index contributed by atoms with van der Waals surface area (Å²) < 4.78 is 5.11. The lowest BCUT2D eigenvalue weighted by molar-refractivity contribution is -0.383. The van der Waals surface area contributed by atoms with Gasteiger partial charge in [0.15, 0.2) is 0 Å². The number of ether oxygens (including phenoxy) is 1. The number of nitro benzene ring substituents is 1. The molecule has 0 aliphatic carbocycles. The van der Waals surface area contributed by atoms with Gasteiger partial charge in [0, 0.05) is 6.07 Å².